The van der Waals surface area contributed by atoms with E-state index in [-0.39, 0.29) is 11.5 Å². The molecule has 2 aliphatic rings. The summed E-state index contributed by atoms with van der Waals surface area (Å²) in [5.74, 6) is 1.21. The minimum atomic E-state index is -0.174. The van der Waals surface area contributed by atoms with Crippen LogP contribution in [-0.4, -0.2) is 21.7 Å². The molecule has 4 nitrogen and oxygen atoms in total. The first kappa shape index (κ1) is 11.8. The fraction of sp³-hybridized carbons (Fsp3) is 0.714. The lowest BCUT2D eigenvalue weighted by molar-refractivity contribution is -0.154. The fourth-order valence-electron chi connectivity index (χ4n) is 3.35. The Kier molecular flexibility index (Phi) is 2.88. The molecule has 1 atom stereocenters. The van der Waals surface area contributed by atoms with E-state index in [2.05, 4.69) is 5.10 Å². The monoisotopic (exact) mass is 248 g/mol. The molecule has 2 saturated carbocycles. The predicted molar refractivity (Wildman–Crippen MR) is 67.4 cm³/mol. The molecule has 1 unspecified atom stereocenters. The van der Waals surface area contributed by atoms with Crippen molar-refractivity contribution in [2.45, 2.75) is 51.0 Å². The van der Waals surface area contributed by atoms with Crippen LogP contribution in [0.1, 0.15) is 44.9 Å². The molecule has 0 N–H and O–H groups in total. The number of hydrogen-bond acceptors (Lipinski definition) is 3. The average Bonchev–Trinajstić information content (AvgIpc) is 2.64. The third kappa shape index (κ3) is 1.84. The first-order valence-electron chi connectivity index (χ1n) is 6.89. The largest absolute Gasteiger partial charge is 0.486 e. The molecule has 0 bridgehead atoms. The molecular weight excluding hydrogens is 228 g/mol. The first-order chi connectivity index (χ1) is 8.71. The van der Waals surface area contributed by atoms with E-state index in [1.165, 1.54) is 25.7 Å². The third-order valence-corrected chi connectivity index (χ3v) is 4.50. The van der Waals surface area contributed by atoms with Gasteiger partial charge in [-0.15, -0.1) is 0 Å². The zero-order valence-corrected chi connectivity index (χ0v) is 10.9. The second-order valence-electron chi connectivity index (χ2n) is 5.65. The van der Waals surface area contributed by atoms with E-state index in [0.717, 1.165) is 18.6 Å². The van der Waals surface area contributed by atoms with Crippen LogP contribution in [-0.2, 0) is 11.8 Å². The smallest absolute Gasteiger partial charge is 0.157 e. The third-order valence-electron chi connectivity index (χ3n) is 4.50. The molecule has 2 fully saturated rings. The standard InChI is InChI=1S/C14H20N2O2/c1-16-10-11(9-15-16)18-13-8-12(17)14(13)6-4-2-3-5-7-14/h9-10,13H,2-8H2,1H3. The Labute approximate surface area is 107 Å². The molecule has 3 rings (SSSR count). The first-order valence-corrected chi connectivity index (χ1v) is 6.89. The molecule has 98 valence electrons. The van der Waals surface area contributed by atoms with Gasteiger partial charge in [0.15, 0.2) is 5.75 Å². The highest BCUT2D eigenvalue weighted by atomic mass is 16.5. The van der Waals surface area contributed by atoms with Crippen LogP contribution in [0.25, 0.3) is 0 Å². The summed E-state index contributed by atoms with van der Waals surface area (Å²) < 4.78 is 7.72. The molecule has 1 aromatic heterocycles. The van der Waals surface area contributed by atoms with Crippen LogP contribution < -0.4 is 4.74 Å². The Hall–Kier alpha value is -1.32. The van der Waals surface area contributed by atoms with Crippen molar-refractivity contribution in [3.05, 3.63) is 12.4 Å². The van der Waals surface area contributed by atoms with Crippen LogP contribution in [0.2, 0.25) is 0 Å². The van der Waals surface area contributed by atoms with Gasteiger partial charge in [0.1, 0.15) is 11.9 Å². The highest BCUT2D eigenvalue weighted by Crippen LogP contribution is 2.49. The minimum absolute atomic E-state index is 0.0762. The summed E-state index contributed by atoms with van der Waals surface area (Å²) >= 11 is 0. The molecule has 4 heteroatoms. The van der Waals surface area contributed by atoms with E-state index in [9.17, 15) is 4.79 Å². The van der Waals surface area contributed by atoms with E-state index in [1.807, 2.05) is 13.2 Å². The van der Waals surface area contributed by atoms with E-state index >= 15 is 0 Å². The predicted octanol–water partition coefficient (Wildman–Crippen LogP) is 2.48. The van der Waals surface area contributed by atoms with Gasteiger partial charge in [-0.25, -0.2) is 0 Å². The number of ketones is 1. The van der Waals surface area contributed by atoms with Gasteiger partial charge in [-0.1, -0.05) is 25.7 Å². The van der Waals surface area contributed by atoms with Crippen LogP contribution in [0, 0.1) is 5.41 Å². The lowest BCUT2D eigenvalue weighted by Gasteiger charge is -2.46. The maximum atomic E-state index is 12.1. The van der Waals surface area contributed by atoms with Gasteiger partial charge in [0.25, 0.3) is 0 Å². The van der Waals surface area contributed by atoms with Crippen molar-refractivity contribution in [2.75, 3.05) is 0 Å². The number of hydrogen-bond donors (Lipinski definition) is 0. The van der Waals surface area contributed by atoms with E-state index in [0.29, 0.717) is 12.2 Å². The highest BCUT2D eigenvalue weighted by molar-refractivity contribution is 5.92. The maximum absolute atomic E-state index is 12.1. The van der Waals surface area contributed by atoms with Crippen LogP contribution in [0.5, 0.6) is 5.75 Å². The number of carbonyl (C=O) groups excluding carboxylic acids is 1. The van der Waals surface area contributed by atoms with Crippen molar-refractivity contribution < 1.29 is 9.53 Å². The summed E-state index contributed by atoms with van der Waals surface area (Å²) in [4.78, 5) is 12.1. The molecule has 18 heavy (non-hydrogen) atoms. The Morgan fingerprint density at radius 2 is 2.06 bits per heavy atom. The van der Waals surface area contributed by atoms with E-state index in [4.69, 9.17) is 4.74 Å². The van der Waals surface area contributed by atoms with E-state index in [1.54, 1.807) is 10.9 Å². The number of nitrogens with zero attached hydrogens (tertiary/aromatic N) is 2. The summed E-state index contributed by atoms with van der Waals surface area (Å²) in [6, 6.07) is 0. The van der Waals surface area contributed by atoms with Gasteiger partial charge in [0.2, 0.25) is 0 Å². The number of rotatable bonds is 2. The summed E-state index contributed by atoms with van der Waals surface area (Å²) in [5, 5.41) is 4.11. The molecule has 0 aliphatic heterocycles. The summed E-state index contributed by atoms with van der Waals surface area (Å²) in [6.45, 7) is 0. The molecule has 0 saturated heterocycles. The van der Waals surface area contributed by atoms with Gasteiger partial charge in [-0.2, -0.15) is 5.10 Å². The van der Waals surface area contributed by atoms with Gasteiger partial charge in [0.05, 0.1) is 17.8 Å². The number of aryl methyl sites for hydroxylation is 1. The fourth-order valence-corrected chi connectivity index (χ4v) is 3.35. The summed E-state index contributed by atoms with van der Waals surface area (Å²) in [7, 11) is 1.88. The van der Waals surface area contributed by atoms with Crippen LogP contribution >= 0.6 is 0 Å². The highest BCUT2D eigenvalue weighted by Gasteiger charge is 2.55. The minimum Gasteiger partial charge on any atom is -0.486 e. The second-order valence-corrected chi connectivity index (χ2v) is 5.65. The van der Waals surface area contributed by atoms with Crippen molar-refractivity contribution in [1.29, 1.82) is 0 Å². The topological polar surface area (TPSA) is 44.1 Å². The number of aromatic nitrogens is 2. The van der Waals surface area contributed by atoms with E-state index < -0.39 is 0 Å². The zero-order chi connectivity index (χ0) is 12.6. The number of ether oxygens (including phenoxy) is 1. The molecule has 0 aromatic carbocycles. The molecule has 1 spiro atoms. The van der Waals surface area contributed by atoms with Crippen LogP contribution in [0.4, 0.5) is 0 Å². The lowest BCUT2D eigenvalue weighted by Crippen LogP contribution is -2.56. The molecule has 0 radical (unpaired) electrons. The van der Waals surface area contributed by atoms with Gasteiger partial charge >= 0.3 is 0 Å². The van der Waals surface area contributed by atoms with Gasteiger partial charge in [-0.05, 0) is 12.8 Å². The number of Topliss-reactive ketones (excluding diaryl/α,β-unsaturated/α-hetero) is 1. The molecule has 1 aromatic rings. The average molecular weight is 248 g/mol. The van der Waals surface area contributed by atoms with Crippen molar-refractivity contribution >= 4 is 5.78 Å². The molecule has 0 amide bonds. The maximum Gasteiger partial charge on any atom is 0.157 e. The molecule has 2 aliphatic carbocycles. The molecule has 1 heterocycles. The van der Waals surface area contributed by atoms with Gasteiger partial charge < -0.3 is 4.74 Å². The number of carbonyl (C=O) groups is 1. The zero-order valence-electron chi connectivity index (χ0n) is 10.9. The summed E-state index contributed by atoms with van der Waals surface area (Å²) in [5.41, 5.74) is -0.174. The Bertz CT molecular complexity index is 444. The van der Waals surface area contributed by atoms with Crippen molar-refractivity contribution in [1.82, 2.24) is 9.78 Å². The second kappa shape index (κ2) is 4.41. The van der Waals surface area contributed by atoms with Crippen molar-refractivity contribution in [2.24, 2.45) is 12.5 Å². The lowest BCUT2D eigenvalue weighted by atomic mass is 9.60. The summed E-state index contributed by atoms with van der Waals surface area (Å²) in [6.07, 6.45) is 11.1. The Morgan fingerprint density at radius 1 is 1.33 bits per heavy atom. The van der Waals surface area contributed by atoms with Crippen LogP contribution in [0.15, 0.2) is 12.4 Å². The van der Waals surface area contributed by atoms with Crippen LogP contribution in [0.3, 0.4) is 0 Å². The normalized spacial score (nSPS) is 26.7. The Balaban J connectivity index is 1.74. The van der Waals surface area contributed by atoms with Crippen molar-refractivity contribution in [3.8, 4) is 5.75 Å². The van der Waals surface area contributed by atoms with Crippen molar-refractivity contribution in [3.63, 3.8) is 0 Å². The van der Waals surface area contributed by atoms with Gasteiger partial charge in [-0.3, -0.25) is 9.48 Å². The SMILES string of the molecule is Cn1cc(OC2CC(=O)C23CCCCCC3)cn1. The Morgan fingerprint density at radius 3 is 2.61 bits per heavy atom. The molecular formula is C14H20N2O2. The van der Waals surface area contributed by atoms with Gasteiger partial charge in [0, 0.05) is 13.5 Å². The quantitative estimate of drug-likeness (QED) is 0.807.